The van der Waals surface area contributed by atoms with Gasteiger partial charge in [-0.2, -0.15) is 0 Å². The molecule has 5 aromatic rings. The number of nitrogens with zero attached hydrogens (tertiary/aromatic N) is 5. The lowest BCUT2D eigenvalue weighted by molar-refractivity contribution is 0.0968. The molecule has 26 heavy (non-hydrogen) atoms. The molecule has 0 bridgehead atoms. The van der Waals surface area contributed by atoms with Gasteiger partial charge in [-0.25, -0.2) is 14.6 Å². The standard InChI is InChI=1S/C18H13N7O/c26-16(13-8-21-18-12(13)4-2-6-20-18)10-25-9-15(23-24-25)14-7-11-3-1-5-19-17(11)22-14/h1-9H,10H2,(H,19,22)(H,20,21). The number of pyridine rings is 2. The fourth-order valence-corrected chi connectivity index (χ4v) is 3.01. The highest BCUT2D eigenvalue weighted by Gasteiger charge is 2.15. The van der Waals surface area contributed by atoms with E-state index in [2.05, 4.69) is 30.2 Å². The quantitative estimate of drug-likeness (QED) is 0.488. The number of hydrogen-bond donors (Lipinski definition) is 2. The van der Waals surface area contributed by atoms with Crippen molar-refractivity contribution in [2.24, 2.45) is 0 Å². The summed E-state index contributed by atoms with van der Waals surface area (Å²) in [5.41, 5.74) is 3.56. The minimum absolute atomic E-state index is 0.0565. The molecular formula is C18H13N7O. The lowest BCUT2D eigenvalue weighted by Gasteiger charge is -1.98. The van der Waals surface area contributed by atoms with Gasteiger partial charge in [0.15, 0.2) is 5.78 Å². The van der Waals surface area contributed by atoms with Crippen LogP contribution < -0.4 is 0 Å². The van der Waals surface area contributed by atoms with Crippen molar-refractivity contribution in [2.45, 2.75) is 6.54 Å². The first-order valence-corrected chi connectivity index (χ1v) is 8.07. The van der Waals surface area contributed by atoms with Crippen molar-refractivity contribution in [1.29, 1.82) is 0 Å². The Balaban J connectivity index is 1.42. The van der Waals surface area contributed by atoms with E-state index in [0.717, 1.165) is 22.1 Å². The number of carbonyl (C=O) groups is 1. The van der Waals surface area contributed by atoms with Gasteiger partial charge in [0.25, 0.3) is 0 Å². The summed E-state index contributed by atoms with van der Waals surface area (Å²) >= 11 is 0. The van der Waals surface area contributed by atoms with Crippen molar-refractivity contribution in [3.05, 3.63) is 60.7 Å². The molecule has 0 aromatic carbocycles. The Bertz CT molecular complexity index is 1210. The molecule has 8 nitrogen and oxygen atoms in total. The van der Waals surface area contributed by atoms with Crippen molar-refractivity contribution in [3.8, 4) is 11.4 Å². The minimum atomic E-state index is -0.0565. The summed E-state index contributed by atoms with van der Waals surface area (Å²) in [4.78, 5) is 27.3. The summed E-state index contributed by atoms with van der Waals surface area (Å²) in [7, 11) is 0. The molecule has 126 valence electrons. The van der Waals surface area contributed by atoms with Crippen LogP contribution >= 0.6 is 0 Å². The van der Waals surface area contributed by atoms with Crippen molar-refractivity contribution in [3.63, 3.8) is 0 Å². The van der Waals surface area contributed by atoms with Crippen LogP contribution in [0.5, 0.6) is 0 Å². The van der Waals surface area contributed by atoms with Gasteiger partial charge in [-0.1, -0.05) is 5.21 Å². The zero-order valence-electron chi connectivity index (χ0n) is 13.5. The van der Waals surface area contributed by atoms with Crippen LogP contribution in [0.25, 0.3) is 33.5 Å². The third-order valence-electron chi connectivity index (χ3n) is 4.26. The molecule has 0 fully saturated rings. The molecule has 5 rings (SSSR count). The van der Waals surface area contributed by atoms with E-state index in [9.17, 15) is 4.79 Å². The number of aromatic amines is 2. The smallest absolute Gasteiger partial charge is 0.186 e. The van der Waals surface area contributed by atoms with Crippen LogP contribution in [0, 0.1) is 0 Å². The maximum Gasteiger partial charge on any atom is 0.186 e. The third-order valence-corrected chi connectivity index (χ3v) is 4.26. The molecule has 0 amide bonds. The fraction of sp³-hybridized carbons (Fsp3) is 0.0556. The maximum absolute atomic E-state index is 12.6. The summed E-state index contributed by atoms with van der Waals surface area (Å²) in [6, 6.07) is 9.50. The number of aromatic nitrogens is 7. The number of fused-ring (bicyclic) bond motifs is 2. The van der Waals surface area contributed by atoms with Gasteiger partial charge in [0.1, 0.15) is 23.5 Å². The second-order valence-electron chi connectivity index (χ2n) is 5.95. The molecule has 0 saturated carbocycles. The molecule has 0 aliphatic heterocycles. The van der Waals surface area contributed by atoms with Crippen molar-refractivity contribution in [1.82, 2.24) is 34.9 Å². The monoisotopic (exact) mass is 343 g/mol. The Morgan fingerprint density at radius 2 is 1.96 bits per heavy atom. The van der Waals surface area contributed by atoms with Crippen LogP contribution in [-0.2, 0) is 6.54 Å². The molecular weight excluding hydrogens is 330 g/mol. The second-order valence-corrected chi connectivity index (χ2v) is 5.95. The molecule has 0 aliphatic carbocycles. The van der Waals surface area contributed by atoms with Crippen LogP contribution in [-0.4, -0.2) is 40.7 Å². The van der Waals surface area contributed by atoms with Crippen molar-refractivity contribution in [2.75, 3.05) is 0 Å². The van der Waals surface area contributed by atoms with Gasteiger partial charge in [-0.15, -0.1) is 5.10 Å². The SMILES string of the molecule is O=C(Cn1cc(-c2cc3cccnc3[nH]2)nn1)c1c[nH]c2ncccc12. The first kappa shape index (κ1) is 14.5. The average Bonchev–Trinajstić information content (AvgIpc) is 3.38. The highest BCUT2D eigenvalue weighted by Crippen LogP contribution is 2.21. The Kier molecular flexibility index (Phi) is 3.14. The largest absolute Gasteiger partial charge is 0.345 e. The molecule has 0 spiro atoms. The van der Waals surface area contributed by atoms with Gasteiger partial charge in [0, 0.05) is 34.9 Å². The summed E-state index contributed by atoms with van der Waals surface area (Å²) in [5.74, 6) is -0.0565. The molecule has 0 aliphatic rings. The van der Waals surface area contributed by atoms with Crippen LogP contribution in [0.3, 0.4) is 0 Å². The average molecular weight is 343 g/mol. The van der Waals surface area contributed by atoms with Crippen LogP contribution in [0.4, 0.5) is 0 Å². The van der Waals surface area contributed by atoms with E-state index in [1.54, 1.807) is 24.8 Å². The Morgan fingerprint density at radius 3 is 2.85 bits per heavy atom. The van der Waals surface area contributed by atoms with Gasteiger partial charge in [-0.05, 0) is 30.3 Å². The Labute approximate surface area is 146 Å². The molecule has 5 aromatic heterocycles. The zero-order valence-corrected chi connectivity index (χ0v) is 13.5. The third kappa shape index (κ3) is 2.35. The summed E-state index contributed by atoms with van der Waals surface area (Å²) < 4.78 is 1.53. The van der Waals surface area contributed by atoms with Gasteiger partial charge < -0.3 is 9.97 Å². The van der Waals surface area contributed by atoms with E-state index in [-0.39, 0.29) is 12.3 Å². The first-order chi connectivity index (χ1) is 12.8. The molecule has 0 saturated heterocycles. The summed E-state index contributed by atoms with van der Waals surface area (Å²) in [6.45, 7) is 0.104. The van der Waals surface area contributed by atoms with E-state index in [1.165, 1.54) is 4.68 Å². The zero-order chi connectivity index (χ0) is 17.5. The van der Waals surface area contributed by atoms with Crippen molar-refractivity contribution >= 4 is 27.9 Å². The normalized spacial score (nSPS) is 11.4. The van der Waals surface area contributed by atoms with Crippen LogP contribution in [0.1, 0.15) is 10.4 Å². The topological polar surface area (TPSA) is 105 Å². The Hall–Kier alpha value is -3.81. The first-order valence-electron chi connectivity index (χ1n) is 8.07. The number of nitrogens with one attached hydrogen (secondary N) is 2. The predicted molar refractivity (Wildman–Crippen MR) is 95.5 cm³/mol. The predicted octanol–water partition coefficient (Wildman–Crippen LogP) is 2.58. The van der Waals surface area contributed by atoms with E-state index in [1.807, 2.05) is 30.3 Å². The molecule has 0 atom stereocenters. The highest BCUT2D eigenvalue weighted by molar-refractivity contribution is 6.06. The van der Waals surface area contributed by atoms with E-state index < -0.39 is 0 Å². The van der Waals surface area contributed by atoms with Gasteiger partial charge >= 0.3 is 0 Å². The number of Topliss-reactive ketones (excluding diaryl/α,β-unsaturated/α-hetero) is 1. The van der Waals surface area contributed by atoms with Gasteiger partial charge in [0.05, 0.1) is 11.9 Å². The van der Waals surface area contributed by atoms with Crippen LogP contribution in [0.2, 0.25) is 0 Å². The van der Waals surface area contributed by atoms with Crippen molar-refractivity contribution < 1.29 is 4.79 Å². The summed E-state index contributed by atoms with van der Waals surface area (Å²) in [5, 5.41) is 10.0. The Morgan fingerprint density at radius 1 is 1.12 bits per heavy atom. The molecule has 0 unspecified atom stereocenters. The molecule has 8 heteroatoms. The van der Waals surface area contributed by atoms with Crippen LogP contribution in [0.15, 0.2) is 55.1 Å². The van der Waals surface area contributed by atoms with E-state index in [4.69, 9.17) is 0 Å². The second kappa shape index (κ2) is 5.62. The number of H-pyrrole nitrogens is 2. The van der Waals surface area contributed by atoms with E-state index >= 15 is 0 Å². The van der Waals surface area contributed by atoms with Gasteiger partial charge in [0.2, 0.25) is 0 Å². The molecule has 0 radical (unpaired) electrons. The highest BCUT2D eigenvalue weighted by atomic mass is 16.1. The van der Waals surface area contributed by atoms with E-state index in [0.29, 0.717) is 16.9 Å². The fourth-order valence-electron chi connectivity index (χ4n) is 3.01. The lowest BCUT2D eigenvalue weighted by atomic mass is 10.1. The number of rotatable bonds is 4. The number of ketones is 1. The number of hydrogen-bond acceptors (Lipinski definition) is 5. The number of carbonyl (C=O) groups excluding carboxylic acids is 1. The lowest BCUT2D eigenvalue weighted by Crippen LogP contribution is -2.10. The van der Waals surface area contributed by atoms with Gasteiger partial charge in [-0.3, -0.25) is 4.79 Å². The molecule has 2 N–H and O–H groups in total. The maximum atomic E-state index is 12.6. The summed E-state index contributed by atoms with van der Waals surface area (Å²) in [6.07, 6.45) is 6.84. The minimum Gasteiger partial charge on any atom is -0.345 e. The molecule has 5 heterocycles.